The molecule has 0 fully saturated rings. The maximum absolute atomic E-state index is 12.9. The molecular weight excluding hydrogens is 360 g/mol. The van der Waals surface area contributed by atoms with Gasteiger partial charge < -0.3 is 14.8 Å². The Bertz CT molecular complexity index is 1070. The Balaban J connectivity index is 1.98. The van der Waals surface area contributed by atoms with Gasteiger partial charge in [-0.2, -0.15) is 0 Å². The summed E-state index contributed by atoms with van der Waals surface area (Å²) in [5.74, 6) is -0.329. The van der Waals surface area contributed by atoms with Crippen molar-refractivity contribution in [1.82, 2.24) is 4.57 Å². The lowest BCUT2D eigenvalue weighted by Crippen LogP contribution is -2.29. The van der Waals surface area contributed by atoms with Crippen LogP contribution in [-0.2, 0) is 16.1 Å². The van der Waals surface area contributed by atoms with E-state index >= 15 is 0 Å². The number of methoxy groups -OCH3 is 1. The van der Waals surface area contributed by atoms with Gasteiger partial charge in [0.05, 0.1) is 19.2 Å². The fourth-order valence-corrected chi connectivity index (χ4v) is 2.85. The first-order valence-corrected chi connectivity index (χ1v) is 8.77. The van der Waals surface area contributed by atoms with Crippen molar-refractivity contribution in [1.29, 1.82) is 0 Å². The number of hydrogen-bond acceptors (Lipinski definition) is 5. The topological polar surface area (TPSA) is 86.6 Å². The predicted molar refractivity (Wildman–Crippen MR) is 106 cm³/mol. The van der Waals surface area contributed by atoms with E-state index < -0.39 is 17.4 Å². The molecule has 2 aromatic carbocycles. The van der Waals surface area contributed by atoms with Crippen LogP contribution in [0.1, 0.15) is 17.3 Å². The van der Waals surface area contributed by atoms with E-state index in [-0.39, 0.29) is 18.8 Å². The molecule has 1 amide bonds. The number of hydrogen-bond donors (Lipinski definition) is 1. The summed E-state index contributed by atoms with van der Waals surface area (Å²) in [6.07, 6.45) is 0. The smallest absolute Gasteiger partial charge is 0.326 e. The van der Waals surface area contributed by atoms with Crippen LogP contribution in [0.3, 0.4) is 0 Å². The second-order valence-electron chi connectivity index (χ2n) is 6.00. The van der Waals surface area contributed by atoms with Crippen LogP contribution in [0.2, 0.25) is 0 Å². The Labute approximate surface area is 161 Å². The average Bonchev–Trinajstić information content (AvgIpc) is 2.71. The Hall–Kier alpha value is -3.61. The SMILES string of the molecule is CCOC(=O)Cn1c(=O)c(NC(=O)c2ccc(OC)cc2)cc2ccccc21. The molecule has 0 atom stereocenters. The lowest BCUT2D eigenvalue weighted by molar-refractivity contribution is -0.143. The van der Waals surface area contributed by atoms with Gasteiger partial charge in [0.1, 0.15) is 18.0 Å². The molecule has 0 saturated carbocycles. The number of aromatic nitrogens is 1. The molecule has 7 heteroatoms. The van der Waals surface area contributed by atoms with Crippen LogP contribution >= 0.6 is 0 Å². The maximum Gasteiger partial charge on any atom is 0.326 e. The van der Waals surface area contributed by atoms with Gasteiger partial charge in [0.15, 0.2) is 0 Å². The number of carbonyl (C=O) groups is 2. The molecule has 3 aromatic rings. The van der Waals surface area contributed by atoms with E-state index in [4.69, 9.17) is 9.47 Å². The second-order valence-corrected chi connectivity index (χ2v) is 6.00. The molecule has 144 valence electrons. The van der Waals surface area contributed by atoms with E-state index in [1.165, 1.54) is 11.7 Å². The number of para-hydroxylation sites is 1. The van der Waals surface area contributed by atoms with E-state index in [0.717, 1.165) is 5.39 Å². The van der Waals surface area contributed by atoms with E-state index in [9.17, 15) is 14.4 Å². The van der Waals surface area contributed by atoms with Gasteiger partial charge in [-0.3, -0.25) is 19.0 Å². The summed E-state index contributed by atoms with van der Waals surface area (Å²) >= 11 is 0. The zero-order chi connectivity index (χ0) is 20.1. The number of carbonyl (C=O) groups excluding carboxylic acids is 2. The van der Waals surface area contributed by atoms with Crippen molar-refractivity contribution < 1.29 is 19.1 Å². The summed E-state index contributed by atoms with van der Waals surface area (Å²) in [5.41, 5.74) is 0.575. The van der Waals surface area contributed by atoms with Gasteiger partial charge in [-0.15, -0.1) is 0 Å². The molecule has 0 aliphatic rings. The van der Waals surface area contributed by atoms with Gasteiger partial charge in [-0.05, 0) is 43.3 Å². The summed E-state index contributed by atoms with van der Waals surface area (Å²) in [6, 6.07) is 15.3. The zero-order valence-electron chi connectivity index (χ0n) is 15.6. The highest BCUT2D eigenvalue weighted by molar-refractivity contribution is 6.05. The molecule has 28 heavy (non-hydrogen) atoms. The van der Waals surface area contributed by atoms with Crippen LogP contribution in [0.25, 0.3) is 10.9 Å². The van der Waals surface area contributed by atoms with Gasteiger partial charge >= 0.3 is 5.97 Å². The van der Waals surface area contributed by atoms with Gasteiger partial charge in [-0.25, -0.2) is 0 Å². The Kier molecular flexibility index (Phi) is 5.74. The van der Waals surface area contributed by atoms with Crippen molar-refractivity contribution in [2.24, 2.45) is 0 Å². The van der Waals surface area contributed by atoms with Crippen LogP contribution in [-0.4, -0.2) is 30.2 Å². The standard InChI is InChI=1S/C21H20N2O5/c1-3-28-19(24)13-23-18-7-5-4-6-15(18)12-17(21(23)26)22-20(25)14-8-10-16(27-2)11-9-14/h4-12H,3,13H2,1-2H3,(H,22,25). The van der Waals surface area contributed by atoms with E-state index in [0.29, 0.717) is 16.8 Å². The number of ether oxygens (including phenoxy) is 2. The molecule has 3 rings (SSSR count). The normalized spacial score (nSPS) is 10.5. The number of anilines is 1. The molecule has 0 bridgehead atoms. The monoisotopic (exact) mass is 380 g/mol. The minimum Gasteiger partial charge on any atom is -0.497 e. The van der Waals surface area contributed by atoms with Gasteiger partial charge in [0.25, 0.3) is 11.5 Å². The molecular formula is C21H20N2O5. The molecule has 0 unspecified atom stereocenters. The summed E-state index contributed by atoms with van der Waals surface area (Å²) in [5, 5.41) is 3.36. The van der Waals surface area contributed by atoms with Crippen LogP contribution in [0.15, 0.2) is 59.4 Å². The highest BCUT2D eigenvalue weighted by Gasteiger charge is 2.15. The lowest BCUT2D eigenvalue weighted by atomic mass is 10.1. The molecule has 0 aliphatic carbocycles. The molecule has 1 heterocycles. The molecule has 0 saturated heterocycles. The van der Waals surface area contributed by atoms with Crippen molar-refractivity contribution in [3.05, 3.63) is 70.5 Å². The highest BCUT2D eigenvalue weighted by Crippen LogP contribution is 2.17. The van der Waals surface area contributed by atoms with Crippen molar-refractivity contribution in [3.63, 3.8) is 0 Å². The maximum atomic E-state index is 12.9. The molecule has 0 radical (unpaired) electrons. The number of nitrogens with one attached hydrogen (secondary N) is 1. The van der Waals surface area contributed by atoms with Crippen LogP contribution in [0.5, 0.6) is 5.75 Å². The summed E-state index contributed by atoms with van der Waals surface area (Å²) in [7, 11) is 1.54. The third-order valence-electron chi connectivity index (χ3n) is 4.20. The summed E-state index contributed by atoms with van der Waals surface area (Å²) in [4.78, 5) is 37.4. The molecule has 1 aromatic heterocycles. The predicted octanol–water partition coefficient (Wildman–Crippen LogP) is 2.83. The quantitative estimate of drug-likeness (QED) is 0.665. The van der Waals surface area contributed by atoms with E-state index in [1.54, 1.807) is 55.5 Å². The lowest BCUT2D eigenvalue weighted by Gasteiger charge is -2.13. The number of benzene rings is 2. The van der Waals surface area contributed by atoms with Crippen molar-refractivity contribution in [3.8, 4) is 5.75 Å². The Morgan fingerprint density at radius 1 is 1.07 bits per heavy atom. The minimum atomic E-state index is -0.520. The fraction of sp³-hybridized carbons (Fsp3) is 0.190. The van der Waals surface area contributed by atoms with Gasteiger partial charge in [0, 0.05) is 10.9 Å². The summed E-state index contributed by atoms with van der Waals surface area (Å²) < 4.78 is 11.3. The van der Waals surface area contributed by atoms with Crippen molar-refractivity contribution >= 4 is 28.5 Å². The Morgan fingerprint density at radius 3 is 2.46 bits per heavy atom. The highest BCUT2D eigenvalue weighted by atomic mass is 16.5. The largest absolute Gasteiger partial charge is 0.497 e. The molecule has 0 spiro atoms. The Morgan fingerprint density at radius 2 is 1.79 bits per heavy atom. The first kappa shape index (κ1) is 19.2. The molecule has 0 aliphatic heterocycles. The van der Waals surface area contributed by atoms with Gasteiger partial charge in [-0.1, -0.05) is 18.2 Å². The third-order valence-corrected chi connectivity index (χ3v) is 4.20. The summed E-state index contributed by atoms with van der Waals surface area (Å²) in [6.45, 7) is 1.68. The van der Waals surface area contributed by atoms with Crippen molar-refractivity contribution in [2.75, 3.05) is 19.0 Å². The van der Waals surface area contributed by atoms with Gasteiger partial charge in [0.2, 0.25) is 0 Å². The number of fused-ring (bicyclic) bond motifs is 1. The zero-order valence-corrected chi connectivity index (χ0v) is 15.6. The third kappa shape index (κ3) is 4.03. The van der Waals surface area contributed by atoms with Crippen LogP contribution in [0, 0.1) is 0 Å². The number of esters is 1. The fourth-order valence-electron chi connectivity index (χ4n) is 2.85. The van der Waals surface area contributed by atoms with E-state index in [2.05, 4.69) is 5.32 Å². The average molecular weight is 380 g/mol. The number of rotatable bonds is 6. The first-order valence-electron chi connectivity index (χ1n) is 8.77. The molecule has 1 N–H and O–H groups in total. The van der Waals surface area contributed by atoms with Crippen LogP contribution < -0.4 is 15.6 Å². The number of nitrogens with zero attached hydrogens (tertiary/aromatic N) is 1. The number of pyridine rings is 1. The second kappa shape index (κ2) is 8.39. The molecule has 7 nitrogen and oxygen atoms in total. The van der Waals surface area contributed by atoms with Crippen molar-refractivity contribution in [2.45, 2.75) is 13.5 Å². The first-order chi connectivity index (χ1) is 13.5. The minimum absolute atomic E-state index is 0.0869. The number of amides is 1. The van der Waals surface area contributed by atoms with E-state index in [1.807, 2.05) is 6.07 Å². The van der Waals surface area contributed by atoms with Crippen LogP contribution in [0.4, 0.5) is 5.69 Å².